The molecule has 1 heterocycles. The lowest BCUT2D eigenvalue weighted by molar-refractivity contribution is 0.558. The number of oxazole rings is 1. The minimum absolute atomic E-state index is 0.311. The topological polar surface area (TPSA) is 38.1 Å². The lowest BCUT2D eigenvalue weighted by Gasteiger charge is -2.05. The fraction of sp³-hybridized carbons (Fsp3) is 0.308. The summed E-state index contributed by atoms with van der Waals surface area (Å²) in [4.78, 5) is 4.16. The second-order valence-electron chi connectivity index (χ2n) is 4.38. The predicted octanol–water partition coefficient (Wildman–Crippen LogP) is 3.50. The van der Waals surface area contributed by atoms with Gasteiger partial charge in [-0.25, -0.2) is 9.37 Å². The molecule has 1 aliphatic rings. The van der Waals surface area contributed by atoms with E-state index in [2.05, 4.69) is 26.2 Å². The highest BCUT2D eigenvalue weighted by Gasteiger charge is 2.23. The summed E-state index contributed by atoms with van der Waals surface area (Å²) < 4.78 is 19.9. The molecule has 0 atom stereocenters. The van der Waals surface area contributed by atoms with Crippen LogP contribution < -0.4 is 5.32 Å². The van der Waals surface area contributed by atoms with E-state index in [-0.39, 0.29) is 5.82 Å². The maximum atomic E-state index is 13.9. The summed E-state index contributed by atoms with van der Waals surface area (Å²) in [7, 11) is 0. The average molecular weight is 311 g/mol. The van der Waals surface area contributed by atoms with Crippen LogP contribution in [0.1, 0.15) is 18.5 Å². The molecule has 0 saturated heterocycles. The van der Waals surface area contributed by atoms with Gasteiger partial charge in [-0.2, -0.15) is 0 Å². The highest BCUT2D eigenvalue weighted by atomic mass is 79.9. The molecular weight excluding hydrogens is 299 g/mol. The van der Waals surface area contributed by atoms with Crippen molar-refractivity contribution in [1.29, 1.82) is 0 Å². The second-order valence-corrected chi connectivity index (χ2v) is 5.23. The van der Waals surface area contributed by atoms with Crippen molar-refractivity contribution in [3.63, 3.8) is 0 Å². The van der Waals surface area contributed by atoms with Gasteiger partial charge in [-0.15, -0.1) is 0 Å². The third-order valence-electron chi connectivity index (χ3n) is 2.97. The van der Waals surface area contributed by atoms with Crippen LogP contribution >= 0.6 is 15.9 Å². The van der Waals surface area contributed by atoms with E-state index in [1.165, 1.54) is 25.3 Å². The van der Waals surface area contributed by atoms with Crippen molar-refractivity contribution in [2.75, 3.05) is 0 Å². The standard InChI is InChI=1S/C13H12BrFN2O/c14-9-2-1-3-10(15)12(9)13-11(17-7-18-13)6-16-8-4-5-8/h1-3,7-8,16H,4-6H2. The van der Waals surface area contributed by atoms with Crippen molar-refractivity contribution >= 4 is 15.9 Å². The summed E-state index contributed by atoms with van der Waals surface area (Å²) in [6.07, 6.45) is 3.77. The number of nitrogens with zero attached hydrogens (tertiary/aromatic N) is 1. The zero-order valence-electron chi connectivity index (χ0n) is 9.62. The number of hydrogen-bond donors (Lipinski definition) is 1. The molecule has 3 rings (SSSR count). The van der Waals surface area contributed by atoms with Crippen molar-refractivity contribution in [3.8, 4) is 11.3 Å². The normalized spacial score (nSPS) is 15.0. The van der Waals surface area contributed by atoms with E-state index in [0.29, 0.717) is 28.4 Å². The molecule has 0 aliphatic heterocycles. The first-order valence-corrected chi connectivity index (χ1v) is 6.65. The molecule has 0 unspecified atom stereocenters. The maximum absolute atomic E-state index is 13.9. The zero-order valence-corrected chi connectivity index (χ0v) is 11.2. The fourth-order valence-corrected chi connectivity index (χ4v) is 2.36. The van der Waals surface area contributed by atoms with Gasteiger partial charge < -0.3 is 9.73 Å². The first kappa shape index (κ1) is 11.9. The van der Waals surface area contributed by atoms with Crippen LogP contribution in [-0.2, 0) is 6.54 Å². The summed E-state index contributed by atoms with van der Waals surface area (Å²) in [5.41, 5.74) is 1.18. The summed E-state index contributed by atoms with van der Waals surface area (Å²) >= 11 is 3.35. The van der Waals surface area contributed by atoms with Crippen LogP contribution in [0.2, 0.25) is 0 Å². The Hall–Kier alpha value is -1.20. The van der Waals surface area contributed by atoms with Crippen molar-refractivity contribution in [2.24, 2.45) is 0 Å². The minimum atomic E-state index is -0.311. The molecule has 1 fully saturated rings. The molecule has 5 heteroatoms. The van der Waals surface area contributed by atoms with Crippen LogP contribution in [0, 0.1) is 5.82 Å². The highest BCUT2D eigenvalue weighted by Crippen LogP contribution is 2.33. The summed E-state index contributed by atoms with van der Waals surface area (Å²) in [5.74, 6) is 0.182. The number of halogens is 2. The van der Waals surface area contributed by atoms with Crippen LogP contribution in [0.4, 0.5) is 4.39 Å². The average Bonchev–Trinajstić information content (AvgIpc) is 3.06. The van der Waals surface area contributed by atoms with Crippen LogP contribution in [0.3, 0.4) is 0 Å². The maximum Gasteiger partial charge on any atom is 0.181 e. The Bertz CT molecular complexity index is 546. The number of benzene rings is 1. The van der Waals surface area contributed by atoms with Crippen LogP contribution in [-0.4, -0.2) is 11.0 Å². The Morgan fingerprint density at radius 3 is 3.00 bits per heavy atom. The van der Waals surface area contributed by atoms with Gasteiger partial charge >= 0.3 is 0 Å². The molecule has 0 amide bonds. The molecule has 0 radical (unpaired) electrons. The molecule has 1 aromatic carbocycles. The summed E-state index contributed by atoms with van der Waals surface area (Å²) in [6.45, 7) is 0.608. The largest absolute Gasteiger partial charge is 0.443 e. The van der Waals surface area contributed by atoms with E-state index < -0.39 is 0 Å². The summed E-state index contributed by atoms with van der Waals surface area (Å²) in [6, 6.07) is 5.44. The highest BCUT2D eigenvalue weighted by molar-refractivity contribution is 9.10. The van der Waals surface area contributed by atoms with Gasteiger partial charge in [-0.3, -0.25) is 0 Å². The van der Waals surface area contributed by atoms with E-state index in [0.717, 1.165) is 5.69 Å². The van der Waals surface area contributed by atoms with Gasteiger partial charge in [0, 0.05) is 17.1 Å². The molecule has 18 heavy (non-hydrogen) atoms. The molecule has 0 bridgehead atoms. The molecular formula is C13H12BrFN2O. The summed E-state index contributed by atoms with van der Waals surface area (Å²) in [5, 5.41) is 3.35. The smallest absolute Gasteiger partial charge is 0.181 e. The van der Waals surface area contributed by atoms with Gasteiger partial charge in [0.2, 0.25) is 0 Å². The van der Waals surface area contributed by atoms with Gasteiger partial charge in [0.05, 0.1) is 5.56 Å². The molecule has 1 saturated carbocycles. The SMILES string of the molecule is Fc1cccc(Br)c1-c1ocnc1CNC1CC1. The van der Waals surface area contributed by atoms with Crippen LogP contribution in [0.5, 0.6) is 0 Å². The number of aromatic nitrogens is 1. The monoisotopic (exact) mass is 310 g/mol. The Kier molecular flexibility index (Phi) is 3.18. The van der Waals surface area contributed by atoms with E-state index >= 15 is 0 Å². The molecule has 1 aliphatic carbocycles. The molecule has 94 valence electrons. The Balaban J connectivity index is 1.93. The zero-order chi connectivity index (χ0) is 12.5. The lowest BCUT2D eigenvalue weighted by Crippen LogP contribution is -2.16. The van der Waals surface area contributed by atoms with E-state index in [4.69, 9.17) is 4.42 Å². The van der Waals surface area contributed by atoms with Crippen molar-refractivity contribution in [1.82, 2.24) is 10.3 Å². The van der Waals surface area contributed by atoms with Crippen molar-refractivity contribution in [3.05, 3.63) is 40.6 Å². The Morgan fingerprint density at radius 1 is 1.44 bits per heavy atom. The van der Waals surface area contributed by atoms with Gasteiger partial charge in [0.25, 0.3) is 0 Å². The first-order chi connectivity index (χ1) is 8.75. The number of rotatable bonds is 4. The molecule has 3 nitrogen and oxygen atoms in total. The number of nitrogens with one attached hydrogen (secondary N) is 1. The predicted molar refractivity (Wildman–Crippen MR) is 69.5 cm³/mol. The van der Waals surface area contributed by atoms with Crippen LogP contribution in [0.25, 0.3) is 11.3 Å². The van der Waals surface area contributed by atoms with Crippen molar-refractivity contribution in [2.45, 2.75) is 25.4 Å². The van der Waals surface area contributed by atoms with Gasteiger partial charge in [0.1, 0.15) is 11.5 Å². The second kappa shape index (κ2) is 4.82. The van der Waals surface area contributed by atoms with Gasteiger partial charge in [-0.05, 0) is 40.9 Å². The van der Waals surface area contributed by atoms with E-state index in [1.54, 1.807) is 12.1 Å². The minimum Gasteiger partial charge on any atom is -0.443 e. The molecule has 1 aromatic heterocycles. The Morgan fingerprint density at radius 2 is 2.28 bits per heavy atom. The molecule has 1 N–H and O–H groups in total. The molecule has 2 aromatic rings. The van der Waals surface area contributed by atoms with Crippen molar-refractivity contribution < 1.29 is 8.81 Å². The van der Waals surface area contributed by atoms with E-state index in [9.17, 15) is 4.39 Å². The third kappa shape index (κ3) is 2.33. The van der Waals surface area contributed by atoms with Gasteiger partial charge in [0.15, 0.2) is 12.2 Å². The van der Waals surface area contributed by atoms with Crippen LogP contribution in [0.15, 0.2) is 33.5 Å². The lowest BCUT2D eigenvalue weighted by atomic mass is 10.1. The van der Waals surface area contributed by atoms with E-state index in [1.807, 2.05) is 0 Å². The Labute approximate surface area is 113 Å². The number of hydrogen-bond acceptors (Lipinski definition) is 3. The first-order valence-electron chi connectivity index (χ1n) is 5.86. The molecule has 0 spiro atoms. The third-order valence-corrected chi connectivity index (χ3v) is 3.63. The van der Waals surface area contributed by atoms with Gasteiger partial charge in [-0.1, -0.05) is 6.07 Å². The quantitative estimate of drug-likeness (QED) is 0.939. The fourth-order valence-electron chi connectivity index (χ4n) is 1.84.